The highest BCUT2D eigenvalue weighted by atomic mass is 35.5. The Morgan fingerprint density at radius 2 is 1.97 bits per heavy atom. The lowest BCUT2D eigenvalue weighted by molar-refractivity contribution is -0.140. The van der Waals surface area contributed by atoms with Gasteiger partial charge in [0, 0.05) is 29.0 Å². The van der Waals surface area contributed by atoms with Gasteiger partial charge in [0.15, 0.2) is 6.10 Å². The smallest absolute Gasteiger partial charge is 0.268 e. The van der Waals surface area contributed by atoms with Gasteiger partial charge in [-0.2, -0.15) is 0 Å². The minimum Gasteiger partial charge on any atom is -0.391 e. The molecule has 7 nitrogen and oxygen atoms in total. The maximum atomic E-state index is 12.9. The number of rotatable bonds is 6. The number of nitrogens with one attached hydrogen (secondary N) is 2. The Kier molecular flexibility index (Phi) is 6.27. The van der Waals surface area contributed by atoms with Crippen molar-refractivity contribution in [2.45, 2.75) is 31.1 Å². The second-order valence-electron chi connectivity index (χ2n) is 7.86. The minimum atomic E-state index is -1.44. The number of hydrogen-bond acceptors (Lipinski definition) is 4. The first-order chi connectivity index (χ1) is 14.9. The van der Waals surface area contributed by atoms with E-state index < -0.39 is 30.1 Å². The van der Waals surface area contributed by atoms with Crippen LogP contribution >= 0.6 is 11.6 Å². The zero-order chi connectivity index (χ0) is 22.0. The number of benzene rings is 2. The van der Waals surface area contributed by atoms with Gasteiger partial charge in [-0.15, -0.1) is 0 Å². The molecule has 2 amide bonds. The Labute approximate surface area is 184 Å². The van der Waals surface area contributed by atoms with Crippen LogP contribution in [0.3, 0.4) is 0 Å². The van der Waals surface area contributed by atoms with Crippen molar-refractivity contribution in [3.05, 3.63) is 70.9 Å². The third-order valence-electron chi connectivity index (χ3n) is 5.55. The number of halogens is 1. The maximum absolute atomic E-state index is 12.9. The van der Waals surface area contributed by atoms with E-state index in [1.54, 1.807) is 24.3 Å². The van der Waals surface area contributed by atoms with Crippen molar-refractivity contribution < 1.29 is 19.8 Å². The van der Waals surface area contributed by atoms with Crippen LogP contribution in [0.5, 0.6) is 0 Å². The summed E-state index contributed by atoms with van der Waals surface area (Å²) in [7, 11) is 0. The number of carbonyl (C=O) groups excluding carboxylic acids is 2. The van der Waals surface area contributed by atoms with Gasteiger partial charge in [-0.05, 0) is 42.7 Å². The summed E-state index contributed by atoms with van der Waals surface area (Å²) in [6, 6.07) is 15.5. The number of nitrogens with zero attached hydrogens (tertiary/aromatic N) is 1. The third kappa shape index (κ3) is 4.90. The molecule has 2 heterocycles. The van der Waals surface area contributed by atoms with Gasteiger partial charge in [0.2, 0.25) is 0 Å². The molecular weight excluding hydrogens is 418 g/mol. The van der Waals surface area contributed by atoms with E-state index in [2.05, 4.69) is 10.3 Å². The van der Waals surface area contributed by atoms with Crippen LogP contribution in [0.1, 0.15) is 22.5 Å². The lowest BCUT2D eigenvalue weighted by Crippen LogP contribution is -2.52. The van der Waals surface area contributed by atoms with Crippen LogP contribution in [0, 0.1) is 0 Å². The predicted molar refractivity (Wildman–Crippen MR) is 118 cm³/mol. The first-order valence-corrected chi connectivity index (χ1v) is 10.6. The second kappa shape index (κ2) is 9.09. The zero-order valence-electron chi connectivity index (χ0n) is 16.8. The molecule has 1 fully saturated rings. The Hall–Kier alpha value is -2.87. The molecule has 0 aliphatic carbocycles. The van der Waals surface area contributed by atoms with Crippen molar-refractivity contribution in [2.75, 3.05) is 13.1 Å². The van der Waals surface area contributed by atoms with Gasteiger partial charge in [0.1, 0.15) is 5.69 Å². The Bertz CT molecular complexity index is 1080. The van der Waals surface area contributed by atoms with Crippen molar-refractivity contribution in [3.63, 3.8) is 0 Å². The number of fused-ring (bicyclic) bond motifs is 1. The van der Waals surface area contributed by atoms with Gasteiger partial charge in [-0.25, -0.2) is 0 Å². The van der Waals surface area contributed by atoms with Gasteiger partial charge >= 0.3 is 0 Å². The van der Waals surface area contributed by atoms with Crippen molar-refractivity contribution in [3.8, 4) is 0 Å². The Morgan fingerprint density at radius 3 is 2.68 bits per heavy atom. The van der Waals surface area contributed by atoms with Crippen LogP contribution in [0.2, 0.25) is 5.02 Å². The summed E-state index contributed by atoms with van der Waals surface area (Å²) < 4.78 is 0. The van der Waals surface area contributed by atoms with E-state index in [4.69, 9.17) is 11.6 Å². The van der Waals surface area contributed by atoms with E-state index in [1.807, 2.05) is 30.3 Å². The minimum absolute atomic E-state index is 0.185. The number of aromatic amines is 1. The van der Waals surface area contributed by atoms with Gasteiger partial charge in [0.05, 0.1) is 12.1 Å². The van der Waals surface area contributed by atoms with Gasteiger partial charge in [-0.3, -0.25) is 9.59 Å². The van der Waals surface area contributed by atoms with E-state index in [1.165, 1.54) is 4.90 Å². The summed E-state index contributed by atoms with van der Waals surface area (Å²) in [4.78, 5) is 30.2. The number of aromatic nitrogens is 1. The molecule has 162 valence electrons. The lowest BCUT2D eigenvalue weighted by Gasteiger charge is -2.27. The predicted octanol–water partition coefficient (Wildman–Crippen LogP) is 2.12. The molecule has 3 atom stereocenters. The van der Waals surface area contributed by atoms with E-state index >= 15 is 0 Å². The maximum Gasteiger partial charge on any atom is 0.268 e. The van der Waals surface area contributed by atoms with Crippen molar-refractivity contribution in [2.24, 2.45) is 0 Å². The molecule has 0 saturated carbocycles. The van der Waals surface area contributed by atoms with Gasteiger partial charge in [-0.1, -0.05) is 41.9 Å². The molecule has 1 saturated heterocycles. The molecular formula is C23H24ClN3O4. The van der Waals surface area contributed by atoms with Crippen LogP contribution < -0.4 is 5.32 Å². The number of aliphatic hydroxyl groups is 2. The number of hydrogen-bond donors (Lipinski definition) is 4. The van der Waals surface area contributed by atoms with Crippen molar-refractivity contribution in [1.82, 2.24) is 15.2 Å². The lowest BCUT2D eigenvalue weighted by atomic mass is 10.00. The summed E-state index contributed by atoms with van der Waals surface area (Å²) in [5.41, 5.74) is 1.95. The van der Waals surface area contributed by atoms with E-state index in [-0.39, 0.29) is 13.0 Å². The highest BCUT2D eigenvalue weighted by Crippen LogP contribution is 2.21. The number of aliphatic hydroxyl groups excluding tert-OH is 2. The van der Waals surface area contributed by atoms with Gasteiger partial charge < -0.3 is 25.4 Å². The van der Waals surface area contributed by atoms with Crippen LogP contribution in [-0.2, 0) is 11.2 Å². The van der Waals surface area contributed by atoms with Gasteiger partial charge in [0.25, 0.3) is 11.8 Å². The number of H-pyrrole nitrogens is 1. The second-order valence-corrected chi connectivity index (χ2v) is 8.29. The Morgan fingerprint density at radius 1 is 1.19 bits per heavy atom. The average molecular weight is 442 g/mol. The van der Waals surface area contributed by atoms with Crippen LogP contribution in [0.15, 0.2) is 54.6 Å². The molecule has 8 heteroatoms. The molecule has 0 bridgehead atoms. The fraction of sp³-hybridized carbons (Fsp3) is 0.304. The SMILES string of the molecule is O=C(NC(Cc1ccccc1)[C@@H](O)C(=O)N1CC[C@H](O)C1)c1cc2cc(Cl)ccc2[nH]1. The molecule has 3 aromatic rings. The summed E-state index contributed by atoms with van der Waals surface area (Å²) in [6.45, 7) is 0.566. The van der Waals surface area contributed by atoms with Crippen LogP contribution in [0.4, 0.5) is 0 Å². The summed E-state index contributed by atoms with van der Waals surface area (Å²) in [6.07, 6.45) is -1.27. The first-order valence-electron chi connectivity index (χ1n) is 10.2. The number of carbonyl (C=O) groups is 2. The van der Waals surface area contributed by atoms with Crippen LogP contribution in [-0.4, -0.2) is 63.3 Å². The molecule has 4 rings (SSSR count). The molecule has 31 heavy (non-hydrogen) atoms. The highest BCUT2D eigenvalue weighted by Gasteiger charge is 2.34. The number of amides is 2. The molecule has 1 aromatic heterocycles. The molecule has 2 aromatic carbocycles. The fourth-order valence-electron chi connectivity index (χ4n) is 3.88. The summed E-state index contributed by atoms with van der Waals surface area (Å²) in [5, 5.41) is 24.7. The van der Waals surface area contributed by atoms with Crippen LogP contribution in [0.25, 0.3) is 10.9 Å². The summed E-state index contributed by atoms with van der Waals surface area (Å²) in [5.74, 6) is -0.928. The molecule has 1 aliphatic heterocycles. The zero-order valence-corrected chi connectivity index (χ0v) is 17.5. The highest BCUT2D eigenvalue weighted by molar-refractivity contribution is 6.31. The third-order valence-corrected chi connectivity index (χ3v) is 5.79. The standard InChI is InChI=1S/C23H24ClN3O4/c24-16-6-7-18-15(11-16)12-20(25-18)22(30)26-19(10-14-4-2-1-3-5-14)21(29)23(31)27-9-8-17(28)13-27/h1-7,11-12,17,19,21,25,28-29H,8-10,13H2,(H,26,30)/t17-,19?,21+/m0/s1. The topological polar surface area (TPSA) is 106 Å². The monoisotopic (exact) mass is 441 g/mol. The van der Waals surface area contributed by atoms with E-state index in [0.717, 1.165) is 16.5 Å². The molecule has 0 spiro atoms. The summed E-state index contributed by atoms with van der Waals surface area (Å²) >= 11 is 6.02. The molecule has 4 N–H and O–H groups in total. The van der Waals surface area contributed by atoms with Crippen molar-refractivity contribution in [1.29, 1.82) is 0 Å². The Balaban J connectivity index is 1.55. The molecule has 1 aliphatic rings. The van der Waals surface area contributed by atoms with E-state index in [0.29, 0.717) is 23.7 Å². The quantitative estimate of drug-likeness (QED) is 0.470. The average Bonchev–Trinajstić information content (AvgIpc) is 3.38. The molecule has 1 unspecified atom stereocenters. The number of β-amino-alcohol motifs (C(OH)–C–C–N with tert-alkyl or cyclic N) is 1. The van der Waals surface area contributed by atoms with E-state index in [9.17, 15) is 19.8 Å². The normalized spacial score (nSPS) is 18.2. The van der Waals surface area contributed by atoms with Crippen molar-refractivity contribution >= 4 is 34.3 Å². The number of likely N-dealkylation sites (tertiary alicyclic amines) is 1. The molecule has 0 radical (unpaired) electrons. The first kappa shape index (κ1) is 21.4. The largest absolute Gasteiger partial charge is 0.391 e. The fourth-order valence-corrected chi connectivity index (χ4v) is 4.06.